The second kappa shape index (κ2) is 2.12. The van der Waals surface area contributed by atoms with Gasteiger partial charge in [-0.15, -0.1) is 0 Å². The lowest BCUT2D eigenvalue weighted by molar-refractivity contribution is 0.527. The molecule has 0 amide bonds. The first-order valence-electron chi connectivity index (χ1n) is 3.05. The van der Waals surface area contributed by atoms with Crippen molar-refractivity contribution in [3.05, 3.63) is 25.0 Å². The van der Waals surface area contributed by atoms with Crippen molar-refractivity contribution in [1.29, 1.82) is 0 Å². The van der Waals surface area contributed by atoms with E-state index >= 15 is 0 Å². The first kappa shape index (κ1) is 5.96. The van der Waals surface area contributed by atoms with Crippen LogP contribution in [0.3, 0.4) is 0 Å². The third-order valence-corrected chi connectivity index (χ3v) is 1.24. The number of hydrogen-bond donors (Lipinski definition) is 1. The summed E-state index contributed by atoms with van der Waals surface area (Å²) in [4.78, 5) is 7.71. The molecule has 5 heteroatoms. The lowest BCUT2D eigenvalue weighted by Crippen LogP contribution is -1.88. The molecule has 0 fully saturated rings. The zero-order chi connectivity index (χ0) is 7.68. The third-order valence-electron chi connectivity index (χ3n) is 1.24. The largest absolute Gasteiger partial charge is 0.432 e. The fraction of sp³-hybridized carbons (Fsp3) is 0. The van der Waals surface area contributed by atoms with Crippen molar-refractivity contribution in [2.45, 2.75) is 0 Å². The molecule has 0 aliphatic heterocycles. The van der Waals surface area contributed by atoms with Gasteiger partial charge in [-0.2, -0.15) is 0 Å². The summed E-state index contributed by atoms with van der Waals surface area (Å²) in [5, 5.41) is 0. The van der Waals surface area contributed by atoms with Crippen molar-refractivity contribution in [2.24, 2.45) is 0 Å². The van der Waals surface area contributed by atoms with Crippen molar-refractivity contribution in [3.63, 3.8) is 0 Å². The maximum Gasteiger partial charge on any atom is 0.306 e. The number of anilines is 1. The van der Waals surface area contributed by atoms with Gasteiger partial charge in [0.2, 0.25) is 0 Å². The van der Waals surface area contributed by atoms with Crippen molar-refractivity contribution < 1.29 is 4.42 Å². The summed E-state index contributed by atoms with van der Waals surface area (Å²) in [6, 6.07) is 0.467. The molecule has 0 aliphatic carbocycles. The number of hydrogen-bond acceptors (Lipinski definition) is 4. The SMILES string of the molecule is Nc1cn(-c2ncco2)cn1. The minimum absolute atomic E-state index is 0.447. The molecule has 0 aromatic carbocycles. The quantitative estimate of drug-likeness (QED) is 0.640. The topological polar surface area (TPSA) is 69.9 Å². The molecule has 56 valence electrons. The molecule has 0 radical (unpaired) electrons. The number of aromatic nitrogens is 3. The van der Waals surface area contributed by atoms with Crippen LogP contribution in [0.25, 0.3) is 6.01 Å². The highest BCUT2D eigenvalue weighted by atomic mass is 16.4. The standard InChI is InChI=1S/C6H6N4O/c7-5-3-10(4-9-5)6-8-1-2-11-6/h1-4H,7H2. The van der Waals surface area contributed by atoms with Crippen LogP contribution in [-0.2, 0) is 0 Å². The van der Waals surface area contributed by atoms with Crippen LogP contribution in [0.4, 0.5) is 5.82 Å². The highest BCUT2D eigenvalue weighted by Crippen LogP contribution is 2.05. The Morgan fingerprint density at radius 2 is 2.36 bits per heavy atom. The first-order chi connectivity index (χ1) is 5.36. The molecule has 2 aromatic rings. The average molecular weight is 150 g/mol. The van der Waals surface area contributed by atoms with E-state index in [2.05, 4.69) is 9.97 Å². The number of oxazole rings is 1. The smallest absolute Gasteiger partial charge is 0.306 e. The van der Waals surface area contributed by atoms with Crippen LogP contribution in [0.2, 0.25) is 0 Å². The normalized spacial score (nSPS) is 10.2. The van der Waals surface area contributed by atoms with Crippen LogP contribution >= 0.6 is 0 Å². The fourth-order valence-corrected chi connectivity index (χ4v) is 0.786. The van der Waals surface area contributed by atoms with Gasteiger partial charge in [-0.1, -0.05) is 0 Å². The molecule has 0 atom stereocenters. The summed E-state index contributed by atoms with van der Waals surface area (Å²) in [6.45, 7) is 0. The van der Waals surface area contributed by atoms with E-state index in [0.717, 1.165) is 0 Å². The second-order valence-corrected chi connectivity index (χ2v) is 2.02. The molecular weight excluding hydrogens is 144 g/mol. The van der Waals surface area contributed by atoms with Gasteiger partial charge in [-0.25, -0.2) is 9.97 Å². The van der Waals surface area contributed by atoms with Gasteiger partial charge < -0.3 is 10.2 Å². The van der Waals surface area contributed by atoms with Crippen LogP contribution in [0, 0.1) is 0 Å². The summed E-state index contributed by atoms with van der Waals surface area (Å²) >= 11 is 0. The summed E-state index contributed by atoms with van der Waals surface area (Å²) < 4.78 is 6.60. The lowest BCUT2D eigenvalue weighted by atomic mass is 10.8. The minimum atomic E-state index is 0.447. The molecule has 5 nitrogen and oxygen atoms in total. The molecule has 0 saturated carbocycles. The second-order valence-electron chi connectivity index (χ2n) is 2.02. The van der Waals surface area contributed by atoms with Gasteiger partial charge in [0.1, 0.15) is 18.4 Å². The van der Waals surface area contributed by atoms with Crippen molar-refractivity contribution in [2.75, 3.05) is 5.73 Å². The zero-order valence-electron chi connectivity index (χ0n) is 5.64. The Hall–Kier alpha value is -1.78. The van der Waals surface area contributed by atoms with Gasteiger partial charge in [0.05, 0.1) is 12.4 Å². The van der Waals surface area contributed by atoms with E-state index in [1.807, 2.05) is 0 Å². The van der Waals surface area contributed by atoms with E-state index in [0.29, 0.717) is 11.8 Å². The van der Waals surface area contributed by atoms with Crippen LogP contribution in [0.15, 0.2) is 29.4 Å². The first-order valence-corrected chi connectivity index (χ1v) is 3.05. The number of nitrogens with zero attached hydrogens (tertiary/aromatic N) is 3. The molecule has 0 bridgehead atoms. The third kappa shape index (κ3) is 0.958. The van der Waals surface area contributed by atoms with E-state index in [1.54, 1.807) is 23.3 Å². The molecule has 2 N–H and O–H groups in total. The highest BCUT2D eigenvalue weighted by molar-refractivity contribution is 5.26. The summed E-state index contributed by atoms with van der Waals surface area (Å²) in [6.07, 6.45) is 6.23. The molecule has 2 aromatic heterocycles. The average Bonchev–Trinajstić information content (AvgIpc) is 2.55. The molecular formula is C6H6N4O. The van der Waals surface area contributed by atoms with Crippen LogP contribution in [0.5, 0.6) is 0 Å². The Kier molecular flexibility index (Phi) is 1.15. The number of nitrogen functional groups attached to an aromatic ring is 1. The number of imidazole rings is 1. The predicted octanol–water partition coefficient (Wildman–Crippen LogP) is 0.443. The minimum Gasteiger partial charge on any atom is -0.432 e. The number of nitrogens with two attached hydrogens (primary N) is 1. The Bertz CT molecular complexity index is 337. The summed E-state index contributed by atoms with van der Waals surface area (Å²) in [7, 11) is 0. The van der Waals surface area contributed by atoms with E-state index in [1.165, 1.54) is 6.26 Å². The molecule has 2 rings (SSSR count). The molecule has 0 spiro atoms. The lowest BCUT2D eigenvalue weighted by Gasteiger charge is -1.89. The van der Waals surface area contributed by atoms with Crippen LogP contribution in [0.1, 0.15) is 0 Å². The van der Waals surface area contributed by atoms with Gasteiger partial charge >= 0.3 is 6.01 Å². The van der Waals surface area contributed by atoms with Gasteiger partial charge in [-0.3, -0.25) is 4.57 Å². The Morgan fingerprint density at radius 1 is 1.45 bits per heavy atom. The molecule has 0 unspecified atom stereocenters. The van der Waals surface area contributed by atoms with E-state index in [4.69, 9.17) is 10.2 Å². The highest BCUT2D eigenvalue weighted by Gasteiger charge is 1.99. The fourth-order valence-electron chi connectivity index (χ4n) is 0.786. The Morgan fingerprint density at radius 3 is 2.91 bits per heavy atom. The number of rotatable bonds is 1. The van der Waals surface area contributed by atoms with Gasteiger partial charge in [0.25, 0.3) is 0 Å². The van der Waals surface area contributed by atoms with Crippen molar-refractivity contribution >= 4 is 5.82 Å². The monoisotopic (exact) mass is 150 g/mol. The van der Waals surface area contributed by atoms with Gasteiger partial charge in [0, 0.05) is 0 Å². The van der Waals surface area contributed by atoms with E-state index in [-0.39, 0.29) is 0 Å². The Labute approximate surface area is 62.5 Å². The summed E-state index contributed by atoms with van der Waals surface area (Å²) in [5.74, 6) is 0.447. The molecule has 11 heavy (non-hydrogen) atoms. The molecule has 0 saturated heterocycles. The zero-order valence-corrected chi connectivity index (χ0v) is 5.64. The van der Waals surface area contributed by atoms with Gasteiger partial charge in [0.15, 0.2) is 0 Å². The van der Waals surface area contributed by atoms with Crippen molar-refractivity contribution in [1.82, 2.24) is 14.5 Å². The maximum atomic E-state index is 5.38. The summed E-state index contributed by atoms with van der Waals surface area (Å²) in [5.41, 5.74) is 5.38. The van der Waals surface area contributed by atoms with Gasteiger partial charge in [-0.05, 0) is 0 Å². The molecule has 0 aliphatic rings. The van der Waals surface area contributed by atoms with E-state index in [9.17, 15) is 0 Å². The van der Waals surface area contributed by atoms with Crippen LogP contribution < -0.4 is 5.73 Å². The van der Waals surface area contributed by atoms with Crippen molar-refractivity contribution in [3.8, 4) is 6.01 Å². The predicted molar refractivity (Wildman–Crippen MR) is 38.0 cm³/mol. The van der Waals surface area contributed by atoms with Crippen LogP contribution in [-0.4, -0.2) is 14.5 Å². The Balaban J connectivity index is 2.45. The molecule has 2 heterocycles. The van der Waals surface area contributed by atoms with E-state index < -0.39 is 0 Å². The maximum absolute atomic E-state index is 5.38.